The summed E-state index contributed by atoms with van der Waals surface area (Å²) in [4.78, 5) is 11.3. The smallest absolute Gasteiger partial charge is 0.308 e. The first-order valence-electron chi connectivity index (χ1n) is 5.68. The fraction of sp³-hybridized carbons (Fsp3) is 0.462. The molecule has 0 bridgehead atoms. The summed E-state index contributed by atoms with van der Waals surface area (Å²) in [6, 6.07) is 5.01. The molecule has 0 radical (unpaired) electrons. The van der Waals surface area contributed by atoms with Crippen molar-refractivity contribution in [3.63, 3.8) is 0 Å². The maximum atomic E-state index is 11.3. The molecular weight excluding hydrogens is 236 g/mol. The molecule has 1 aromatic rings. The first-order chi connectivity index (χ1) is 8.62. The molecule has 0 aromatic heterocycles. The van der Waals surface area contributed by atoms with Crippen molar-refractivity contribution in [2.45, 2.75) is 19.4 Å². The lowest BCUT2D eigenvalue weighted by Gasteiger charge is -2.13. The van der Waals surface area contributed by atoms with Gasteiger partial charge in [-0.1, -0.05) is 6.07 Å². The molecule has 1 atom stereocenters. The van der Waals surface area contributed by atoms with Gasteiger partial charge in [0, 0.05) is 0 Å². The summed E-state index contributed by atoms with van der Waals surface area (Å²) in [6.07, 6.45) is -0.993. The topological polar surface area (TPSA) is 65.0 Å². The van der Waals surface area contributed by atoms with Crippen LogP contribution in [0.1, 0.15) is 25.0 Å². The molecule has 1 aromatic carbocycles. The van der Waals surface area contributed by atoms with Crippen LogP contribution in [0.2, 0.25) is 0 Å². The standard InChI is InChI=1S/C13H18O5/c1-4-18-13(15)8-10(14)9-5-6-11(16-2)12(7-9)17-3/h5-7,10,14H,4,8H2,1-3H3. The quantitative estimate of drug-likeness (QED) is 0.782. The van der Waals surface area contributed by atoms with Gasteiger partial charge in [0.05, 0.1) is 33.4 Å². The number of hydrogen-bond donors (Lipinski definition) is 1. The van der Waals surface area contributed by atoms with Gasteiger partial charge in [0.2, 0.25) is 0 Å². The molecule has 0 saturated heterocycles. The number of ether oxygens (including phenoxy) is 3. The van der Waals surface area contributed by atoms with E-state index in [4.69, 9.17) is 14.2 Å². The lowest BCUT2D eigenvalue weighted by Crippen LogP contribution is -2.10. The van der Waals surface area contributed by atoms with E-state index in [0.717, 1.165) is 0 Å². The molecule has 5 heteroatoms. The van der Waals surface area contributed by atoms with E-state index >= 15 is 0 Å². The van der Waals surface area contributed by atoms with Crippen LogP contribution in [0, 0.1) is 0 Å². The van der Waals surface area contributed by atoms with E-state index in [9.17, 15) is 9.90 Å². The predicted octanol–water partition coefficient (Wildman–Crippen LogP) is 1.69. The molecule has 0 heterocycles. The van der Waals surface area contributed by atoms with Gasteiger partial charge in [-0.25, -0.2) is 0 Å². The summed E-state index contributed by atoms with van der Waals surface area (Å²) in [5, 5.41) is 9.90. The number of aliphatic hydroxyl groups excluding tert-OH is 1. The van der Waals surface area contributed by atoms with Crippen LogP contribution in [0.3, 0.4) is 0 Å². The molecule has 0 fully saturated rings. The SMILES string of the molecule is CCOC(=O)CC(O)c1ccc(OC)c(OC)c1. The number of esters is 1. The zero-order valence-electron chi connectivity index (χ0n) is 10.8. The Kier molecular flexibility index (Phi) is 5.45. The summed E-state index contributed by atoms with van der Waals surface area (Å²) >= 11 is 0. The monoisotopic (exact) mass is 254 g/mol. The van der Waals surface area contributed by atoms with E-state index in [1.165, 1.54) is 14.2 Å². The molecule has 0 amide bonds. The molecular formula is C13H18O5. The normalized spacial score (nSPS) is 11.8. The van der Waals surface area contributed by atoms with Gasteiger partial charge in [0.15, 0.2) is 11.5 Å². The highest BCUT2D eigenvalue weighted by molar-refractivity contribution is 5.70. The molecule has 1 unspecified atom stereocenters. The highest BCUT2D eigenvalue weighted by Gasteiger charge is 2.16. The first kappa shape index (κ1) is 14.3. The van der Waals surface area contributed by atoms with Crippen LogP contribution >= 0.6 is 0 Å². The summed E-state index contributed by atoms with van der Waals surface area (Å²) < 4.78 is 15.0. The molecule has 0 aliphatic heterocycles. The van der Waals surface area contributed by atoms with Crippen LogP contribution in [0.15, 0.2) is 18.2 Å². The van der Waals surface area contributed by atoms with E-state index in [1.807, 2.05) is 0 Å². The van der Waals surface area contributed by atoms with E-state index in [0.29, 0.717) is 23.7 Å². The highest BCUT2D eigenvalue weighted by Crippen LogP contribution is 2.30. The first-order valence-corrected chi connectivity index (χ1v) is 5.68. The van der Waals surface area contributed by atoms with Gasteiger partial charge in [-0.2, -0.15) is 0 Å². The van der Waals surface area contributed by atoms with Crippen molar-refractivity contribution in [3.8, 4) is 11.5 Å². The van der Waals surface area contributed by atoms with Crippen molar-refractivity contribution in [3.05, 3.63) is 23.8 Å². The molecule has 100 valence electrons. The number of rotatable bonds is 6. The van der Waals surface area contributed by atoms with Crippen LogP contribution in [-0.4, -0.2) is 31.9 Å². The van der Waals surface area contributed by atoms with Gasteiger partial charge in [-0.3, -0.25) is 4.79 Å². The van der Waals surface area contributed by atoms with Crippen molar-refractivity contribution in [2.75, 3.05) is 20.8 Å². The van der Waals surface area contributed by atoms with Crippen molar-refractivity contribution in [1.29, 1.82) is 0 Å². The minimum atomic E-state index is -0.913. The van der Waals surface area contributed by atoms with Gasteiger partial charge in [0.25, 0.3) is 0 Å². The van der Waals surface area contributed by atoms with Gasteiger partial charge >= 0.3 is 5.97 Å². The molecule has 0 spiro atoms. The molecule has 1 rings (SSSR count). The third-order valence-electron chi connectivity index (χ3n) is 2.46. The van der Waals surface area contributed by atoms with Gasteiger partial charge in [0.1, 0.15) is 0 Å². The Morgan fingerprint density at radius 3 is 2.50 bits per heavy atom. The average Bonchev–Trinajstić information content (AvgIpc) is 2.38. The molecule has 5 nitrogen and oxygen atoms in total. The second-order valence-corrected chi connectivity index (χ2v) is 3.64. The van der Waals surface area contributed by atoms with Crippen molar-refractivity contribution >= 4 is 5.97 Å². The lowest BCUT2D eigenvalue weighted by molar-refractivity contribution is -0.145. The predicted molar refractivity (Wildman–Crippen MR) is 65.8 cm³/mol. The van der Waals surface area contributed by atoms with Crippen molar-refractivity contribution in [1.82, 2.24) is 0 Å². The molecule has 0 saturated carbocycles. The minimum Gasteiger partial charge on any atom is -0.493 e. The van der Waals surface area contributed by atoms with Crippen molar-refractivity contribution < 1.29 is 24.1 Å². The Hall–Kier alpha value is -1.75. The van der Waals surface area contributed by atoms with Crippen molar-refractivity contribution in [2.24, 2.45) is 0 Å². The third kappa shape index (κ3) is 3.63. The number of aliphatic hydroxyl groups is 1. The molecule has 1 N–H and O–H groups in total. The van der Waals surface area contributed by atoms with E-state index in [1.54, 1.807) is 25.1 Å². The summed E-state index contributed by atoms with van der Waals surface area (Å²) in [6.45, 7) is 2.03. The van der Waals surface area contributed by atoms with Crippen LogP contribution in [0.25, 0.3) is 0 Å². The third-order valence-corrected chi connectivity index (χ3v) is 2.46. The minimum absolute atomic E-state index is 0.0800. The van der Waals surface area contributed by atoms with E-state index in [-0.39, 0.29) is 6.42 Å². The average molecular weight is 254 g/mol. The number of carbonyl (C=O) groups excluding carboxylic acids is 1. The lowest BCUT2D eigenvalue weighted by atomic mass is 10.1. The zero-order valence-corrected chi connectivity index (χ0v) is 10.8. The second kappa shape index (κ2) is 6.86. The maximum Gasteiger partial charge on any atom is 0.308 e. The molecule has 18 heavy (non-hydrogen) atoms. The number of methoxy groups -OCH3 is 2. The Balaban J connectivity index is 2.79. The molecule has 0 aliphatic carbocycles. The van der Waals surface area contributed by atoms with Gasteiger partial charge in [-0.15, -0.1) is 0 Å². The van der Waals surface area contributed by atoms with Gasteiger partial charge in [-0.05, 0) is 24.6 Å². The maximum absolute atomic E-state index is 11.3. The molecule has 0 aliphatic rings. The van der Waals surface area contributed by atoms with Crippen LogP contribution < -0.4 is 9.47 Å². The van der Waals surface area contributed by atoms with Crippen LogP contribution in [0.4, 0.5) is 0 Å². The largest absolute Gasteiger partial charge is 0.493 e. The Morgan fingerprint density at radius 2 is 1.94 bits per heavy atom. The summed E-state index contributed by atoms with van der Waals surface area (Å²) in [5.74, 6) is 0.655. The zero-order chi connectivity index (χ0) is 13.5. The Morgan fingerprint density at radius 1 is 1.28 bits per heavy atom. The fourth-order valence-electron chi connectivity index (χ4n) is 1.56. The van der Waals surface area contributed by atoms with Crippen LogP contribution in [-0.2, 0) is 9.53 Å². The second-order valence-electron chi connectivity index (χ2n) is 3.64. The van der Waals surface area contributed by atoms with Crippen LogP contribution in [0.5, 0.6) is 11.5 Å². The summed E-state index contributed by atoms with van der Waals surface area (Å²) in [5.41, 5.74) is 0.584. The summed E-state index contributed by atoms with van der Waals surface area (Å²) in [7, 11) is 3.05. The fourth-order valence-corrected chi connectivity index (χ4v) is 1.56. The van der Waals surface area contributed by atoms with E-state index in [2.05, 4.69) is 0 Å². The highest BCUT2D eigenvalue weighted by atomic mass is 16.5. The Bertz CT molecular complexity index is 402. The van der Waals surface area contributed by atoms with Gasteiger partial charge < -0.3 is 19.3 Å². The number of benzene rings is 1. The van der Waals surface area contributed by atoms with E-state index < -0.39 is 12.1 Å². The Labute approximate surface area is 106 Å². The number of carbonyl (C=O) groups is 1. The number of hydrogen-bond acceptors (Lipinski definition) is 5.